The second-order valence-electron chi connectivity index (χ2n) is 4.47. The number of rotatable bonds is 11. The molecule has 0 aromatic heterocycles. The van der Waals surface area contributed by atoms with Gasteiger partial charge in [-0.05, 0) is 36.1 Å². The van der Waals surface area contributed by atoms with Crippen molar-refractivity contribution >= 4 is 23.4 Å². The van der Waals surface area contributed by atoms with E-state index in [1.54, 1.807) is 26.0 Å². The Morgan fingerprint density at radius 2 is 2.05 bits per heavy atom. The van der Waals surface area contributed by atoms with Crippen molar-refractivity contribution in [2.24, 2.45) is 0 Å². The summed E-state index contributed by atoms with van der Waals surface area (Å²) in [5.41, 5.74) is 1.06. The maximum atomic E-state index is 6.30. The smallest absolute Gasteiger partial charge is 0.179 e. The molecule has 0 saturated carbocycles. The fourth-order valence-electron chi connectivity index (χ4n) is 1.80. The highest BCUT2D eigenvalue weighted by atomic mass is 35.5. The summed E-state index contributed by atoms with van der Waals surface area (Å²) >= 11 is 8.11. The van der Waals surface area contributed by atoms with Crippen LogP contribution >= 0.6 is 23.4 Å². The number of methoxy groups -OCH3 is 2. The van der Waals surface area contributed by atoms with E-state index in [1.165, 1.54) is 0 Å². The molecule has 1 aromatic carbocycles. The summed E-state index contributed by atoms with van der Waals surface area (Å²) in [5.74, 6) is 2.37. The van der Waals surface area contributed by atoms with E-state index in [0.29, 0.717) is 36.3 Å². The number of nitrogens with one attached hydrogen (secondary N) is 1. The molecule has 1 aromatic rings. The molecule has 120 valence electrons. The first kappa shape index (κ1) is 18.4. The van der Waals surface area contributed by atoms with Crippen LogP contribution in [0.4, 0.5) is 0 Å². The Bertz CT molecular complexity index is 418. The standard InChI is InChI=1S/C15H24ClNO3S/c1-18-7-5-17-11-12-9-13(16)15(14(10-12)19-2)20-6-4-8-21-3/h9-10,17H,4-8,11H2,1-3H3. The Balaban J connectivity index is 2.63. The molecule has 6 heteroatoms. The van der Waals surface area contributed by atoms with Crippen LogP contribution in [-0.4, -0.2) is 46.0 Å². The highest BCUT2D eigenvalue weighted by Gasteiger charge is 2.11. The van der Waals surface area contributed by atoms with Gasteiger partial charge < -0.3 is 19.5 Å². The summed E-state index contributed by atoms with van der Waals surface area (Å²) in [5, 5.41) is 3.86. The van der Waals surface area contributed by atoms with Gasteiger partial charge in [-0.15, -0.1) is 0 Å². The summed E-state index contributed by atoms with van der Waals surface area (Å²) in [6.45, 7) is 2.83. The number of hydrogen-bond acceptors (Lipinski definition) is 5. The van der Waals surface area contributed by atoms with E-state index in [-0.39, 0.29) is 0 Å². The van der Waals surface area contributed by atoms with Gasteiger partial charge in [0.05, 0.1) is 25.3 Å². The maximum Gasteiger partial charge on any atom is 0.179 e. The topological polar surface area (TPSA) is 39.7 Å². The number of ether oxygens (including phenoxy) is 3. The molecule has 0 bridgehead atoms. The molecule has 21 heavy (non-hydrogen) atoms. The Kier molecular flexibility index (Phi) is 9.67. The summed E-state index contributed by atoms with van der Waals surface area (Å²) in [7, 11) is 3.31. The molecule has 4 nitrogen and oxygen atoms in total. The third-order valence-corrected chi connectivity index (χ3v) is 3.82. The molecule has 0 aliphatic carbocycles. The molecule has 0 fully saturated rings. The van der Waals surface area contributed by atoms with Gasteiger partial charge in [0, 0.05) is 20.2 Å². The van der Waals surface area contributed by atoms with Gasteiger partial charge in [-0.3, -0.25) is 0 Å². The van der Waals surface area contributed by atoms with Gasteiger partial charge in [0.25, 0.3) is 0 Å². The lowest BCUT2D eigenvalue weighted by atomic mass is 10.2. The van der Waals surface area contributed by atoms with E-state index in [1.807, 2.05) is 12.1 Å². The number of halogens is 1. The zero-order valence-corrected chi connectivity index (χ0v) is 14.5. The zero-order valence-electron chi connectivity index (χ0n) is 12.9. The molecule has 0 radical (unpaired) electrons. The number of hydrogen-bond donors (Lipinski definition) is 1. The third-order valence-electron chi connectivity index (χ3n) is 2.84. The second-order valence-corrected chi connectivity index (χ2v) is 5.87. The van der Waals surface area contributed by atoms with Crippen LogP contribution in [0.1, 0.15) is 12.0 Å². The van der Waals surface area contributed by atoms with Crippen LogP contribution in [-0.2, 0) is 11.3 Å². The molecular formula is C15H24ClNO3S. The van der Waals surface area contributed by atoms with E-state index in [2.05, 4.69) is 11.6 Å². The largest absolute Gasteiger partial charge is 0.493 e. The van der Waals surface area contributed by atoms with E-state index < -0.39 is 0 Å². The molecule has 0 amide bonds. The molecule has 1 rings (SSSR count). The van der Waals surface area contributed by atoms with Gasteiger partial charge in [-0.25, -0.2) is 0 Å². The summed E-state index contributed by atoms with van der Waals surface area (Å²) in [6.07, 6.45) is 3.07. The van der Waals surface area contributed by atoms with Gasteiger partial charge in [0.1, 0.15) is 0 Å². The lowest BCUT2D eigenvalue weighted by molar-refractivity contribution is 0.199. The van der Waals surface area contributed by atoms with Gasteiger partial charge in [0.2, 0.25) is 0 Å². The molecule has 0 saturated heterocycles. The number of benzene rings is 1. The van der Waals surface area contributed by atoms with Crippen molar-refractivity contribution in [3.8, 4) is 11.5 Å². The van der Waals surface area contributed by atoms with Gasteiger partial charge in [0.15, 0.2) is 11.5 Å². The number of thioether (sulfide) groups is 1. The molecule has 0 unspecified atom stereocenters. The Morgan fingerprint density at radius 1 is 1.24 bits per heavy atom. The Labute approximate surface area is 136 Å². The van der Waals surface area contributed by atoms with Crippen molar-refractivity contribution in [3.63, 3.8) is 0 Å². The van der Waals surface area contributed by atoms with Crippen LogP contribution in [0.15, 0.2) is 12.1 Å². The van der Waals surface area contributed by atoms with Crippen molar-refractivity contribution in [2.45, 2.75) is 13.0 Å². The van der Waals surface area contributed by atoms with E-state index in [0.717, 1.165) is 24.3 Å². The van der Waals surface area contributed by atoms with Crippen LogP contribution in [0.3, 0.4) is 0 Å². The lowest BCUT2D eigenvalue weighted by Gasteiger charge is -2.14. The van der Waals surface area contributed by atoms with Crippen LogP contribution in [0.5, 0.6) is 11.5 Å². The highest BCUT2D eigenvalue weighted by molar-refractivity contribution is 7.98. The predicted octanol–water partition coefficient (Wildman–Crippen LogP) is 3.22. The average molecular weight is 334 g/mol. The Morgan fingerprint density at radius 3 is 2.71 bits per heavy atom. The van der Waals surface area contributed by atoms with E-state index in [9.17, 15) is 0 Å². The van der Waals surface area contributed by atoms with Gasteiger partial charge in [-0.1, -0.05) is 11.6 Å². The molecule has 0 spiro atoms. The quantitative estimate of drug-likeness (QED) is 0.630. The van der Waals surface area contributed by atoms with Crippen LogP contribution in [0.25, 0.3) is 0 Å². The van der Waals surface area contributed by atoms with Crippen molar-refractivity contribution in [1.29, 1.82) is 0 Å². The van der Waals surface area contributed by atoms with Crippen molar-refractivity contribution < 1.29 is 14.2 Å². The van der Waals surface area contributed by atoms with Crippen molar-refractivity contribution in [2.75, 3.05) is 46.0 Å². The molecule has 0 atom stereocenters. The highest BCUT2D eigenvalue weighted by Crippen LogP contribution is 2.36. The maximum absolute atomic E-state index is 6.30. The average Bonchev–Trinajstić information content (AvgIpc) is 2.49. The minimum Gasteiger partial charge on any atom is -0.493 e. The molecule has 0 aliphatic heterocycles. The summed E-state index contributed by atoms with van der Waals surface area (Å²) in [6, 6.07) is 3.86. The van der Waals surface area contributed by atoms with Crippen LogP contribution < -0.4 is 14.8 Å². The lowest BCUT2D eigenvalue weighted by Crippen LogP contribution is -2.18. The van der Waals surface area contributed by atoms with E-state index in [4.69, 9.17) is 25.8 Å². The molecular weight excluding hydrogens is 310 g/mol. The normalized spacial score (nSPS) is 10.7. The minimum absolute atomic E-state index is 0.585. The first-order chi connectivity index (χ1) is 10.2. The van der Waals surface area contributed by atoms with Gasteiger partial charge >= 0.3 is 0 Å². The third kappa shape index (κ3) is 6.78. The van der Waals surface area contributed by atoms with Crippen molar-refractivity contribution in [3.05, 3.63) is 22.7 Å². The second kappa shape index (κ2) is 11.0. The SMILES string of the molecule is COCCNCc1cc(Cl)c(OCCCSC)c(OC)c1. The fourth-order valence-corrected chi connectivity index (χ4v) is 2.49. The summed E-state index contributed by atoms with van der Waals surface area (Å²) in [4.78, 5) is 0. The molecule has 0 aliphatic rings. The van der Waals surface area contributed by atoms with Crippen LogP contribution in [0.2, 0.25) is 5.02 Å². The van der Waals surface area contributed by atoms with E-state index >= 15 is 0 Å². The monoisotopic (exact) mass is 333 g/mol. The molecule has 0 heterocycles. The van der Waals surface area contributed by atoms with Gasteiger partial charge in [-0.2, -0.15) is 11.8 Å². The predicted molar refractivity (Wildman–Crippen MR) is 90.1 cm³/mol. The Hall–Kier alpha value is -0.620. The summed E-state index contributed by atoms with van der Waals surface area (Å²) < 4.78 is 16.1. The van der Waals surface area contributed by atoms with Crippen LogP contribution in [0, 0.1) is 0 Å². The molecule has 1 N–H and O–H groups in total. The minimum atomic E-state index is 0.585. The first-order valence-corrected chi connectivity index (χ1v) is 8.68. The fraction of sp³-hybridized carbons (Fsp3) is 0.600. The zero-order chi connectivity index (χ0) is 15.5. The van der Waals surface area contributed by atoms with Crippen molar-refractivity contribution in [1.82, 2.24) is 5.32 Å². The first-order valence-electron chi connectivity index (χ1n) is 6.90.